The number of ether oxygens (including phenoxy) is 3. The molecule has 2 aliphatic heterocycles. The van der Waals surface area contributed by atoms with E-state index in [1.807, 2.05) is 22.9 Å². The molecule has 2 aromatic heterocycles. The molecule has 2 atom stereocenters. The van der Waals surface area contributed by atoms with Gasteiger partial charge >= 0.3 is 0 Å². The normalized spacial score (nSPS) is 21.0. The first-order valence-electron chi connectivity index (χ1n) is 13.3. The van der Waals surface area contributed by atoms with Crippen LogP contribution in [0.15, 0.2) is 23.0 Å². The molecule has 0 spiro atoms. The number of pyridine rings is 1. The fourth-order valence-corrected chi connectivity index (χ4v) is 5.91. The summed E-state index contributed by atoms with van der Waals surface area (Å²) in [5.41, 5.74) is 1.35. The van der Waals surface area contributed by atoms with Crippen LogP contribution in [-0.4, -0.2) is 62.6 Å². The number of rotatable bonds is 8. The summed E-state index contributed by atoms with van der Waals surface area (Å²) < 4.78 is 19.5. The van der Waals surface area contributed by atoms with Crippen LogP contribution in [0.1, 0.15) is 75.3 Å². The molecule has 36 heavy (non-hydrogen) atoms. The highest BCUT2D eigenvalue weighted by molar-refractivity contribution is 5.83. The summed E-state index contributed by atoms with van der Waals surface area (Å²) in [5, 5.41) is 13.9. The minimum Gasteiger partial charge on any atom is -0.486 e. The second-order valence-electron chi connectivity index (χ2n) is 10.1. The molecule has 6 rings (SSSR count). The van der Waals surface area contributed by atoms with Crippen molar-refractivity contribution in [1.82, 2.24) is 30.1 Å². The summed E-state index contributed by atoms with van der Waals surface area (Å²) >= 11 is 0. The van der Waals surface area contributed by atoms with E-state index in [1.165, 1.54) is 12.8 Å². The number of fused-ring (bicyclic) bond motifs is 2. The molecular weight excluding hydrogens is 460 g/mol. The lowest BCUT2D eigenvalue weighted by atomic mass is 10.1. The van der Waals surface area contributed by atoms with Crippen LogP contribution in [0.5, 0.6) is 11.5 Å². The van der Waals surface area contributed by atoms with Crippen molar-refractivity contribution in [3.63, 3.8) is 0 Å². The topological polar surface area (TPSA) is 107 Å². The van der Waals surface area contributed by atoms with Gasteiger partial charge in [0.05, 0.1) is 23.7 Å². The maximum absolute atomic E-state index is 13.2. The molecule has 0 amide bonds. The Labute approximate surface area is 209 Å². The molecule has 1 N–H and O–H groups in total. The third kappa shape index (κ3) is 4.59. The maximum atomic E-state index is 13.2. The zero-order valence-electron chi connectivity index (χ0n) is 20.8. The molecule has 1 aromatic carbocycles. The quantitative estimate of drug-likeness (QED) is 0.507. The summed E-state index contributed by atoms with van der Waals surface area (Å²) in [7, 11) is 0. The molecule has 3 aromatic rings. The highest BCUT2D eigenvalue weighted by atomic mass is 16.6. The molecule has 10 heteroatoms. The van der Waals surface area contributed by atoms with Crippen molar-refractivity contribution < 1.29 is 14.2 Å². The maximum Gasteiger partial charge on any atom is 0.252 e. The average molecular weight is 495 g/mol. The fraction of sp³-hybridized carbons (Fsp3) is 0.615. The Kier molecular flexibility index (Phi) is 6.62. The summed E-state index contributed by atoms with van der Waals surface area (Å²) in [6, 6.07) is 6.11. The molecule has 2 fully saturated rings. The Balaban J connectivity index is 1.34. The van der Waals surface area contributed by atoms with Gasteiger partial charge in [-0.25, -0.2) is 4.68 Å². The van der Waals surface area contributed by atoms with Gasteiger partial charge in [0.2, 0.25) is 0 Å². The van der Waals surface area contributed by atoms with E-state index in [0.717, 1.165) is 62.0 Å². The lowest BCUT2D eigenvalue weighted by Gasteiger charge is -2.32. The van der Waals surface area contributed by atoms with E-state index in [4.69, 9.17) is 14.2 Å². The van der Waals surface area contributed by atoms with Crippen molar-refractivity contribution in [3.05, 3.63) is 39.9 Å². The standard InChI is InChI=1S/C26H34N6O4/c1-2-22(25-28-29-30-32(25)19-6-3-4-7-19)31(16-20-8-5-9-34-20)15-18-12-17-13-23-24(36-11-10-35-23)14-21(17)27-26(18)33/h12-14,19-20,22H,2-11,15-16H2,1H3,(H,27,33)/t20-,22-/m0/s1. The van der Waals surface area contributed by atoms with Gasteiger partial charge < -0.3 is 19.2 Å². The van der Waals surface area contributed by atoms with Crippen LogP contribution in [0, 0.1) is 0 Å². The lowest BCUT2D eigenvalue weighted by Crippen LogP contribution is -2.38. The van der Waals surface area contributed by atoms with E-state index < -0.39 is 0 Å². The van der Waals surface area contributed by atoms with Gasteiger partial charge in [0.15, 0.2) is 17.3 Å². The van der Waals surface area contributed by atoms with E-state index >= 15 is 0 Å². The molecular formula is C26H34N6O4. The van der Waals surface area contributed by atoms with Crippen molar-refractivity contribution in [2.45, 2.75) is 76.6 Å². The number of hydrogen-bond donors (Lipinski definition) is 1. The molecule has 10 nitrogen and oxygen atoms in total. The van der Waals surface area contributed by atoms with Gasteiger partial charge in [0.1, 0.15) is 13.2 Å². The second-order valence-corrected chi connectivity index (χ2v) is 10.1. The van der Waals surface area contributed by atoms with E-state index in [9.17, 15) is 4.79 Å². The molecule has 0 radical (unpaired) electrons. The minimum absolute atomic E-state index is 0.0137. The number of aromatic amines is 1. The fourth-order valence-electron chi connectivity index (χ4n) is 5.91. The van der Waals surface area contributed by atoms with E-state index in [1.54, 1.807) is 0 Å². The number of hydrogen-bond acceptors (Lipinski definition) is 8. The summed E-state index contributed by atoms with van der Waals surface area (Å²) in [4.78, 5) is 18.6. The minimum atomic E-state index is -0.0956. The molecule has 4 heterocycles. The number of benzene rings is 1. The Bertz CT molecular complexity index is 1260. The molecule has 0 bridgehead atoms. The molecule has 0 unspecified atom stereocenters. The first-order valence-corrected chi connectivity index (χ1v) is 13.3. The van der Waals surface area contributed by atoms with Crippen molar-refractivity contribution in [3.8, 4) is 11.5 Å². The monoisotopic (exact) mass is 494 g/mol. The van der Waals surface area contributed by atoms with Gasteiger partial charge in [-0.2, -0.15) is 0 Å². The van der Waals surface area contributed by atoms with Gasteiger partial charge in [-0.15, -0.1) is 5.10 Å². The second kappa shape index (κ2) is 10.2. The molecule has 3 aliphatic rings. The van der Waals surface area contributed by atoms with Gasteiger partial charge in [-0.05, 0) is 54.7 Å². The van der Waals surface area contributed by atoms with Crippen LogP contribution in [-0.2, 0) is 11.3 Å². The van der Waals surface area contributed by atoms with Crippen LogP contribution in [0.4, 0.5) is 0 Å². The van der Waals surface area contributed by atoms with Gasteiger partial charge in [0, 0.05) is 36.7 Å². The predicted octanol–water partition coefficient (Wildman–Crippen LogP) is 3.53. The lowest BCUT2D eigenvalue weighted by molar-refractivity contribution is 0.0484. The van der Waals surface area contributed by atoms with E-state index in [-0.39, 0.29) is 17.7 Å². The van der Waals surface area contributed by atoms with Crippen LogP contribution in [0.2, 0.25) is 0 Å². The number of nitrogens with one attached hydrogen (secondary N) is 1. The zero-order chi connectivity index (χ0) is 24.5. The van der Waals surface area contributed by atoms with Crippen molar-refractivity contribution in [2.75, 3.05) is 26.4 Å². The molecule has 1 saturated heterocycles. The Morgan fingerprint density at radius 3 is 2.64 bits per heavy atom. The SMILES string of the molecule is CC[C@@H](c1nnnn1C1CCCC1)N(Cc1cc2cc3c(cc2[nH]c1=O)OCCO3)C[C@@H]1CCCO1. The van der Waals surface area contributed by atoms with Crippen molar-refractivity contribution in [1.29, 1.82) is 0 Å². The van der Waals surface area contributed by atoms with Gasteiger partial charge in [-0.1, -0.05) is 19.8 Å². The predicted molar refractivity (Wildman–Crippen MR) is 133 cm³/mol. The summed E-state index contributed by atoms with van der Waals surface area (Å²) in [5.74, 6) is 2.27. The third-order valence-corrected chi connectivity index (χ3v) is 7.73. The Morgan fingerprint density at radius 2 is 1.89 bits per heavy atom. The highest BCUT2D eigenvalue weighted by Crippen LogP contribution is 2.35. The molecule has 1 aliphatic carbocycles. The van der Waals surface area contributed by atoms with Gasteiger partial charge in [0.25, 0.3) is 5.56 Å². The summed E-state index contributed by atoms with van der Waals surface area (Å²) in [6.07, 6.45) is 7.73. The average Bonchev–Trinajstić information content (AvgIpc) is 3.67. The van der Waals surface area contributed by atoms with Crippen LogP contribution >= 0.6 is 0 Å². The van der Waals surface area contributed by atoms with E-state index in [2.05, 4.69) is 32.3 Å². The first kappa shape index (κ1) is 23.4. The molecule has 192 valence electrons. The summed E-state index contributed by atoms with van der Waals surface area (Å²) in [6.45, 7) is 5.20. The highest BCUT2D eigenvalue weighted by Gasteiger charge is 2.32. The third-order valence-electron chi connectivity index (χ3n) is 7.73. The van der Waals surface area contributed by atoms with Crippen LogP contribution < -0.4 is 15.0 Å². The number of H-pyrrole nitrogens is 1. The number of aromatic nitrogens is 5. The van der Waals surface area contributed by atoms with Crippen molar-refractivity contribution in [2.24, 2.45) is 0 Å². The van der Waals surface area contributed by atoms with Gasteiger partial charge in [-0.3, -0.25) is 9.69 Å². The number of nitrogens with zero attached hydrogens (tertiary/aromatic N) is 5. The largest absolute Gasteiger partial charge is 0.486 e. The van der Waals surface area contributed by atoms with Crippen molar-refractivity contribution >= 4 is 10.9 Å². The Hall–Kier alpha value is -2.98. The first-order chi connectivity index (χ1) is 17.7. The number of tetrazole rings is 1. The van der Waals surface area contributed by atoms with Crippen LogP contribution in [0.25, 0.3) is 10.9 Å². The van der Waals surface area contributed by atoms with E-state index in [0.29, 0.717) is 42.9 Å². The molecule has 1 saturated carbocycles. The van der Waals surface area contributed by atoms with Crippen LogP contribution in [0.3, 0.4) is 0 Å². The zero-order valence-corrected chi connectivity index (χ0v) is 20.8. The smallest absolute Gasteiger partial charge is 0.252 e. The Morgan fingerprint density at radius 1 is 1.08 bits per heavy atom.